The summed E-state index contributed by atoms with van der Waals surface area (Å²) in [7, 11) is 1.69. The van der Waals surface area contributed by atoms with Gasteiger partial charge >= 0.3 is 0 Å². The third-order valence-corrected chi connectivity index (χ3v) is 3.25. The van der Waals surface area contributed by atoms with Crippen molar-refractivity contribution in [2.45, 2.75) is 20.0 Å². The number of nitrogens with one attached hydrogen (secondary N) is 2. The summed E-state index contributed by atoms with van der Waals surface area (Å²) in [5, 5.41) is 6.60. The van der Waals surface area contributed by atoms with Gasteiger partial charge < -0.3 is 15.4 Å². The Morgan fingerprint density at radius 2 is 1.73 bits per heavy atom. The number of ether oxygens (including phenoxy) is 1. The summed E-state index contributed by atoms with van der Waals surface area (Å²) >= 11 is 0. The highest BCUT2D eigenvalue weighted by molar-refractivity contribution is 5.79. The number of guanidine groups is 1. The summed E-state index contributed by atoms with van der Waals surface area (Å²) < 4.78 is 5.37. The molecule has 2 N–H and O–H groups in total. The van der Waals surface area contributed by atoms with Crippen molar-refractivity contribution >= 4 is 5.96 Å². The molecule has 0 saturated heterocycles. The maximum absolute atomic E-state index is 5.37. The van der Waals surface area contributed by atoms with E-state index in [2.05, 4.69) is 34.7 Å². The average Bonchev–Trinajstić information content (AvgIpc) is 2.58. The molecule has 0 aliphatic carbocycles. The number of para-hydroxylation sites is 1. The Labute approximate surface area is 132 Å². The van der Waals surface area contributed by atoms with E-state index in [0.29, 0.717) is 13.1 Å². The fourth-order valence-corrected chi connectivity index (χ4v) is 2.12. The van der Waals surface area contributed by atoms with Gasteiger partial charge in [0.05, 0.1) is 13.7 Å². The van der Waals surface area contributed by atoms with Gasteiger partial charge in [0, 0.05) is 18.7 Å². The molecule has 4 nitrogen and oxygen atoms in total. The molecule has 0 aliphatic rings. The van der Waals surface area contributed by atoms with Crippen LogP contribution in [0.15, 0.2) is 59.6 Å². The maximum atomic E-state index is 5.37. The Bertz CT molecular complexity index is 596. The maximum Gasteiger partial charge on any atom is 0.191 e. The molecule has 4 heteroatoms. The van der Waals surface area contributed by atoms with Crippen LogP contribution in [0.1, 0.15) is 18.1 Å². The number of rotatable bonds is 6. The van der Waals surface area contributed by atoms with E-state index >= 15 is 0 Å². The third-order valence-electron chi connectivity index (χ3n) is 3.25. The normalized spacial score (nSPS) is 11.1. The molecule has 0 amide bonds. The van der Waals surface area contributed by atoms with Crippen molar-refractivity contribution in [2.75, 3.05) is 13.7 Å². The largest absolute Gasteiger partial charge is 0.496 e. The summed E-state index contributed by atoms with van der Waals surface area (Å²) in [5.41, 5.74) is 2.30. The van der Waals surface area contributed by atoms with Crippen LogP contribution >= 0.6 is 0 Å². The molecule has 0 unspecified atom stereocenters. The van der Waals surface area contributed by atoms with Gasteiger partial charge in [-0.05, 0) is 18.6 Å². The van der Waals surface area contributed by atoms with Crippen LogP contribution in [-0.4, -0.2) is 19.6 Å². The number of methoxy groups -OCH3 is 1. The lowest BCUT2D eigenvalue weighted by atomic mass is 10.2. The number of hydrogen-bond donors (Lipinski definition) is 2. The van der Waals surface area contributed by atoms with Crippen LogP contribution in [0, 0.1) is 0 Å². The van der Waals surface area contributed by atoms with Crippen LogP contribution in [0.25, 0.3) is 0 Å². The summed E-state index contributed by atoms with van der Waals surface area (Å²) in [6.45, 7) is 4.21. The molecule has 2 aromatic rings. The highest BCUT2D eigenvalue weighted by atomic mass is 16.5. The highest BCUT2D eigenvalue weighted by Crippen LogP contribution is 2.16. The van der Waals surface area contributed by atoms with E-state index in [-0.39, 0.29) is 0 Å². The van der Waals surface area contributed by atoms with E-state index in [1.165, 1.54) is 5.56 Å². The molecule has 0 fully saturated rings. The van der Waals surface area contributed by atoms with E-state index in [0.717, 1.165) is 23.8 Å². The Hall–Kier alpha value is -2.49. The summed E-state index contributed by atoms with van der Waals surface area (Å²) in [4.78, 5) is 4.61. The molecule has 0 spiro atoms. The smallest absolute Gasteiger partial charge is 0.191 e. The topological polar surface area (TPSA) is 45.7 Å². The Balaban J connectivity index is 1.99. The minimum atomic E-state index is 0.655. The fraction of sp³-hybridized carbons (Fsp3) is 0.278. The lowest BCUT2D eigenvalue weighted by molar-refractivity contribution is 0.409. The number of aliphatic imine (C=N–C) groups is 1. The first-order valence-corrected chi connectivity index (χ1v) is 7.51. The van der Waals surface area contributed by atoms with E-state index in [9.17, 15) is 0 Å². The number of hydrogen-bond acceptors (Lipinski definition) is 2. The number of benzene rings is 2. The van der Waals surface area contributed by atoms with Crippen LogP contribution in [0.3, 0.4) is 0 Å². The van der Waals surface area contributed by atoms with Gasteiger partial charge in [-0.15, -0.1) is 0 Å². The van der Waals surface area contributed by atoms with E-state index in [1.807, 2.05) is 42.5 Å². The van der Waals surface area contributed by atoms with Crippen molar-refractivity contribution < 1.29 is 4.74 Å². The van der Waals surface area contributed by atoms with Gasteiger partial charge in [-0.3, -0.25) is 0 Å². The van der Waals surface area contributed by atoms with Crippen molar-refractivity contribution in [3.8, 4) is 5.75 Å². The minimum absolute atomic E-state index is 0.655. The quantitative estimate of drug-likeness (QED) is 0.636. The summed E-state index contributed by atoms with van der Waals surface area (Å²) in [5.74, 6) is 1.69. The van der Waals surface area contributed by atoms with Gasteiger partial charge in [-0.2, -0.15) is 0 Å². The van der Waals surface area contributed by atoms with Gasteiger partial charge in [-0.1, -0.05) is 48.5 Å². The molecule has 0 radical (unpaired) electrons. The summed E-state index contributed by atoms with van der Waals surface area (Å²) in [6, 6.07) is 18.2. The molecule has 2 rings (SSSR count). The second-order valence-corrected chi connectivity index (χ2v) is 4.85. The van der Waals surface area contributed by atoms with Crippen LogP contribution in [0.2, 0.25) is 0 Å². The van der Waals surface area contributed by atoms with Gasteiger partial charge in [-0.25, -0.2) is 4.99 Å². The zero-order valence-electron chi connectivity index (χ0n) is 13.2. The van der Waals surface area contributed by atoms with Crippen molar-refractivity contribution in [3.05, 3.63) is 65.7 Å². The zero-order chi connectivity index (χ0) is 15.6. The first-order valence-electron chi connectivity index (χ1n) is 7.51. The molecule has 0 bridgehead atoms. The predicted molar refractivity (Wildman–Crippen MR) is 91.1 cm³/mol. The zero-order valence-corrected chi connectivity index (χ0v) is 13.2. The minimum Gasteiger partial charge on any atom is -0.496 e. The molecule has 0 heterocycles. The van der Waals surface area contributed by atoms with Crippen LogP contribution in [0.5, 0.6) is 5.75 Å². The van der Waals surface area contributed by atoms with Gasteiger partial charge in [0.15, 0.2) is 5.96 Å². The molecular formula is C18H23N3O. The van der Waals surface area contributed by atoms with Gasteiger partial charge in [0.1, 0.15) is 5.75 Å². The SMILES string of the molecule is CCNC(=NCc1ccccc1)NCc1ccccc1OC. The highest BCUT2D eigenvalue weighted by Gasteiger charge is 2.03. The average molecular weight is 297 g/mol. The second-order valence-electron chi connectivity index (χ2n) is 4.85. The molecule has 0 atom stereocenters. The monoisotopic (exact) mass is 297 g/mol. The lowest BCUT2D eigenvalue weighted by Crippen LogP contribution is -2.36. The molecule has 116 valence electrons. The molecule has 2 aromatic carbocycles. The van der Waals surface area contributed by atoms with Gasteiger partial charge in [0.2, 0.25) is 0 Å². The molecule has 0 aromatic heterocycles. The first-order chi connectivity index (χ1) is 10.8. The van der Waals surface area contributed by atoms with Crippen LogP contribution in [0.4, 0.5) is 0 Å². The molecule has 0 saturated carbocycles. The van der Waals surface area contributed by atoms with Gasteiger partial charge in [0.25, 0.3) is 0 Å². The van der Waals surface area contributed by atoms with Crippen molar-refractivity contribution in [1.82, 2.24) is 10.6 Å². The number of nitrogens with zero attached hydrogens (tertiary/aromatic N) is 1. The fourth-order valence-electron chi connectivity index (χ4n) is 2.12. The van der Waals surface area contributed by atoms with E-state index in [4.69, 9.17) is 4.74 Å². The van der Waals surface area contributed by atoms with Crippen molar-refractivity contribution in [1.29, 1.82) is 0 Å². The lowest BCUT2D eigenvalue weighted by Gasteiger charge is -2.13. The standard InChI is InChI=1S/C18H23N3O/c1-3-19-18(20-13-15-9-5-4-6-10-15)21-14-16-11-7-8-12-17(16)22-2/h4-12H,3,13-14H2,1-2H3,(H2,19,20,21). The molecule has 0 aliphatic heterocycles. The van der Waals surface area contributed by atoms with Crippen LogP contribution < -0.4 is 15.4 Å². The first kappa shape index (κ1) is 15.9. The second kappa shape index (κ2) is 8.72. The van der Waals surface area contributed by atoms with Crippen LogP contribution in [-0.2, 0) is 13.1 Å². The van der Waals surface area contributed by atoms with Crippen molar-refractivity contribution in [2.24, 2.45) is 4.99 Å². The van der Waals surface area contributed by atoms with E-state index in [1.54, 1.807) is 7.11 Å². The Morgan fingerprint density at radius 3 is 2.45 bits per heavy atom. The van der Waals surface area contributed by atoms with Crippen molar-refractivity contribution in [3.63, 3.8) is 0 Å². The van der Waals surface area contributed by atoms with E-state index < -0.39 is 0 Å². The third kappa shape index (κ3) is 4.81. The summed E-state index contributed by atoms with van der Waals surface area (Å²) in [6.07, 6.45) is 0. The predicted octanol–water partition coefficient (Wildman–Crippen LogP) is 2.95. The Morgan fingerprint density at radius 1 is 1.00 bits per heavy atom. The molecule has 22 heavy (non-hydrogen) atoms. The Kier molecular flexibility index (Phi) is 6.30. The molecular weight excluding hydrogens is 274 g/mol.